The third-order valence-electron chi connectivity index (χ3n) is 5.94. The van der Waals surface area contributed by atoms with Gasteiger partial charge in [-0.15, -0.1) is 0 Å². The number of carbonyl (C=O) groups excluding carboxylic acids is 1. The van der Waals surface area contributed by atoms with Crippen LogP contribution in [0.15, 0.2) is 79.3 Å². The van der Waals surface area contributed by atoms with Crippen LogP contribution in [0, 0.1) is 0 Å². The summed E-state index contributed by atoms with van der Waals surface area (Å²) < 4.78 is 40.7. The van der Waals surface area contributed by atoms with Gasteiger partial charge in [0.05, 0.1) is 18.1 Å². The van der Waals surface area contributed by atoms with E-state index in [1.165, 1.54) is 30.6 Å². The summed E-state index contributed by atoms with van der Waals surface area (Å²) in [6, 6.07) is 19.3. The fourth-order valence-electron chi connectivity index (χ4n) is 3.88. The molecule has 0 atom stereocenters. The van der Waals surface area contributed by atoms with Gasteiger partial charge in [0.1, 0.15) is 5.69 Å². The molecule has 1 N–H and O–H groups in total. The first-order valence-electron chi connectivity index (χ1n) is 11.6. The number of carbonyl (C=O) groups is 1. The Kier molecular flexibility index (Phi) is 7.79. The van der Waals surface area contributed by atoms with Gasteiger partial charge in [-0.2, -0.15) is 13.2 Å². The van der Waals surface area contributed by atoms with Crippen molar-refractivity contribution in [1.29, 1.82) is 0 Å². The van der Waals surface area contributed by atoms with E-state index in [1.54, 1.807) is 4.57 Å². The van der Waals surface area contributed by atoms with Crippen molar-refractivity contribution in [2.45, 2.75) is 38.9 Å². The van der Waals surface area contributed by atoms with Crippen LogP contribution in [0.3, 0.4) is 0 Å². The third-order valence-corrected chi connectivity index (χ3v) is 6.30. The molecular formula is C28H25ClF3N3O. The summed E-state index contributed by atoms with van der Waals surface area (Å²) in [7, 11) is 0. The molecule has 186 valence electrons. The first-order valence-corrected chi connectivity index (χ1v) is 12.0. The second-order valence-corrected chi connectivity index (χ2v) is 8.89. The summed E-state index contributed by atoms with van der Waals surface area (Å²) in [5.74, 6) is -0.479. The number of imidazole rings is 1. The van der Waals surface area contributed by atoms with Gasteiger partial charge in [-0.3, -0.25) is 9.36 Å². The SMILES string of the molecule is CCCCc1ccc(-c2ccc(-n3cncc3C(=O)NCc3cc(C(F)(F)F)ccc3Cl)cc2)cc1. The van der Waals surface area contributed by atoms with E-state index in [0.29, 0.717) is 0 Å². The van der Waals surface area contributed by atoms with Gasteiger partial charge in [-0.25, -0.2) is 4.98 Å². The molecule has 4 nitrogen and oxygen atoms in total. The zero-order valence-electron chi connectivity index (χ0n) is 19.6. The Morgan fingerprint density at radius 1 is 1.00 bits per heavy atom. The lowest BCUT2D eigenvalue weighted by atomic mass is 10.0. The van der Waals surface area contributed by atoms with E-state index in [2.05, 4.69) is 41.5 Å². The van der Waals surface area contributed by atoms with Crippen LogP contribution in [0.1, 0.15) is 46.9 Å². The van der Waals surface area contributed by atoms with E-state index < -0.39 is 17.6 Å². The molecule has 0 spiro atoms. The second kappa shape index (κ2) is 11.0. The molecule has 0 aliphatic heterocycles. The van der Waals surface area contributed by atoms with Crippen LogP contribution < -0.4 is 5.32 Å². The second-order valence-electron chi connectivity index (χ2n) is 8.48. The zero-order valence-corrected chi connectivity index (χ0v) is 20.4. The molecule has 0 saturated heterocycles. The highest BCUT2D eigenvalue weighted by atomic mass is 35.5. The molecular weight excluding hydrogens is 487 g/mol. The Balaban J connectivity index is 1.46. The van der Waals surface area contributed by atoms with E-state index in [1.807, 2.05) is 24.3 Å². The summed E-state index contributed by atoms with van der Waals surface area (Å²) >= 11 is 6.04. The van der Waals surface area contributed by atoms with Crippen molar-refractivity contribution in [2.24, 2.45) is 0 Å². The lowest BCUT2D eigenvalue weighted by molar-refractivity contribution is -0.137. The van der Waals surface area contributed by atoms with Gasteiger partial charge in [0.2, 0.25) is 0 Å². The van der Waals surface area contributed by atoms with E-state index in [0.717, 1.165) is 41.8 Å². The number of benzene rings is 3. The Hall–Kier alpha value is -3.58. The van der Waals surface area contributed by atoms with Crippen LogP contribution in [0.25, 0.3) is 16.8 Å². The first kappa shape index (κ1) is 25.5. The molecule has 0 unspecified atom stereocenters. The highest BCUT2D eigenvalue weighted by Crippen LogP contribution is 2.32. The Labute approximate surface area is 212 Å². The predicted molar refractivity (Wildman–Crippen MR) is 135 cm³/mol. The summed E-state index contributed by atoms with van der Waals surface area (Å²) in [6.45, 7) is 2.02. The van der Waals surface area contributed by atoms with Gasteiger partial charge in [-0.05, 0) is 65.4 Å². The molecule has 8 heteroatoms. The molecule has 1 amide bonds. The molecule has 36 heavy (non-hydrogen) atoms. The average molecular weight is 512 g/mol. The Bertz CT molecular complexity index is 1330. The predicted octanol–water partition coefficient (Wildman–Crippen LogP) is 7.48. The van der Waals surface area contributed by atoms with Crippen molar-refractivity contribution >= 4 is 17.5 Å². The van der Waals surface area contributed by atoms with Gasteiger partial charge < -0.3 is 5.32 Å². The topological polar surface area (TPSA) is 46.9 Å². The number of hydrogen-bond donors (Lipinski definition) is 1. The van der Waals surface area contributed by atoms with E-state index in [4.69, 9.17) is 11.6 Å². The number of rotatable bonds is 8. The van der Waals surface area contributed by atoms with E-state index in [9.17, 15) is 18.0 Å². The average Bonchev–Trinajstić information content (AvgIpc) is 3.37. The lowest BCUT2D eigenvalue weighted by Crippen LogP contribution is -2.25. The van der Waals surface area contributed by atoms with Gasteiger partial charge in [0.15, 0.2) is 0 Å². The Morgan fingerprint density at radius 3 is 2.31 bits per heavy atom. The van der Waals surface area contributed by atoms with Gasteiger partial charge in [0, 0.05) is 17.3 Å². The van der Waals surface area contributed by atoms with Crippen molar-refractivity contribution in [2.75, 3.05) is 0 Å². The van der Waals surface area contributed by atoms with Gasteiger partial charge in [-0.1, -0.05) is 61.3 Å². The van der Waals surface area contributed by atoms with Crippen molar-refractivity contribution in [3.63, 3.8) is 0 Å². The first-order chi connectivity index (χ1) is 17.3. The minimum absolute atomic E-state index is 0.144. The highest BCUT2D eigenvalue weighted by molar-refractivity contribution is 6.31. The third kappa shape index (κ3) is 5.97. The molecule has 4 aromatic rings. The number of unbranched alkanes of at least 4 members (excludes halogenated alkanes) is 1. The van der Waals surface area contributed by atoms with Crippen molar-refractivity contribution in [1.82, 2.24) is 14.9 Å². The molecule has 0 aliphatic carbocycles. The van der Waals surface area contributed by atoms with Crippen LogP contribution >= 0.6 is 11.6 Å². The molecule has 0 bridgehead atoms. The van der Waals surface area contributed by atoms with Crippen LogP contribution in [0.2, 0.25) is 5.02 Å². The number of aromatic nitrogens is 2. The molecule has 4 rings (SSSR count). The fourth-order valence-corrected chi connectivity index (χ4v) is 4.06. The minimum Gasteiger partial charge on any atom is -0.347 e. The largest absolute Gasteiger partial charge is 0.416 e. The zero-order chi connectivity index (χ0) is 25.7. The molecule has 0 aliphatic rings. The number of hydrogen-bond acceptors (Lipinski definition) is 2. The number of nitrogens with zero attached hydrogens (tertiary/aromatic N) is 2. The van der Waals surface area contributed by atoms with Crippen LogP contribution in [0.4, 0.5) is 13.2 Å². The molecule has 1 aromatic heterocycles. The van der Waals surface area contributed by atoms with E-state index >= 15 is 0 Å². The number of amides is 1. The molecule has 0 saturated carbocycles. The number of aryl methyl sites for hydroxylation is 1. The normalized spacial score (nSPS) is 11.5. The number of halogens is 4. The Morgan fingerprint density at radius 2 is 1.67 bits per heavy atom. The molecule has 0 radical (unpaired) electrons. The fraction of sp³-hybridized carbons (Fsp3) is 0.214. The van der Waals surface area contributed by atoms with Crippen molar-refractivity contribution in [3.8, 4) is 16.8 Å². The van der Waals surface area contributed by atoms with Crippen molar-refractivity contribution < 1.29 is 18.0 Å². The molecule has 1 heterocycles. The van der Waals surface area contributed by atoms with Gasteiger partial charge >= 0.3 is 6.18 Å². The smallest absolute Gasteiger partial charge is 0.347 e. The molecule has 0 fully saturated rings. The van der Waals surface area contributed by atoms with Crippen LogP contribution in [-0.4, -0.2) is 15.5 Å². The quantitative estimate of drug-likeness (QED) is 0.266. The standard InChI is InChI=1S/C28H25ClF3N3O/c1-2-3-4-19-5-7-20(8-6-19)21-9-12-24(13-10-21)35-18-33-17-26(35)27(36)34-16-22-15-23(28(30,31)32)11-14-25(22)29/h5-15,17-18H,2-4,16H2,1H3,(H,34,36). The monoisotopic (exact) mass is 511 g/mol. The maximum Gasteiger partial charge on any atom is 0.416 e. The van der Waals surface area contributed by atoms with Gasteiger partial charge in [0.25, 0.3) is 5.91 Å². The van der Waals surface area contributed by atoms with Crippen LogP contribution in [-0.2, 0) is 19.1 Å². The maximum absolute atomic E-state index is 13.0. The van der Waals surface area contributed by atoms with Crippen molar-refractivity contribution in [3.05, 3.63) is 107 Å². The maximum atomic E-state index is 13.0. The lowest BCUT2D eigenvalue weighted by Gasteiger charge is -2.12. The molecule has 3 aromatic carbocycles. The van der Waals surface area contributed by atoms with Crippen LogP contribution in [0.5, 0.6) is 0 Å². The number of alkyl halides is 3. The summed E-state index contributed by atoms with van der Waals surface area (Å²) in [4.78, 5) is 16.9. The summed E-state index contributed by atoms with van der Waals surface area (Å²) in [5, 5.41) is 2.78. The summed E-state index contributed by atoms with van der Waals surface area (Å²) in [5.41, 5.74) is 3.81. The highest BCUT2D eigenvalue weighted by Gasteiger charge is 2.31. The summed E-state index contributed by atoms with van der Waals surface area (Å²) in [6.07, 6.45) is 1.83. The minimum atomic E-state index is -4.49. The van der Waals surface area contributed by atoms with E-state index in [-0.39, 0.29) is 22.8 Å². The number of nitrogens with one attached hydrogen (secondary N) is 1.